The first-order valence-corrected chi connectivity index (χ1v) is 4.50. The molecule has 0 unspecified atom stereocenters. The van der Waals surface area contributed by atoms with Crippen molar-refractivity contribution in [2.75, 3.05) is 0 Å². The summed E-state index contributed by atoms with van der Waals surface area (Å²) < 4.78 is 0. The Labute approximate surface area is 76.0 Å². The molecule has 0 aliphatic rings. The molecule has 0 aliphatic heterocycles. The van der Waals surface area contributed by atoms with Gasteiger partial charge in [0.2, 0.25) is 0 Å². The second kappa shape index (κ2) is 4.02. The molecule has 0 bridgehead atoms. The van der Waals surface area contributed by atoms with Gasteiger partial charge in [-0.2, -0.15) is 0 Å². The van der Waals surface area contributed by atoms with Gasteiger partial charge in [-0.05, 0) is 23.9 Å². The second-order valence-corrected chi connectivity index (χ2v) is 3.34. The summed E-state index contributed by atoms with van der Waals surface area (Å²) in [7, 11) is 0. The Kier molecular flexibility index (Phi) is 3.00. The molecule has 1 rings (SSSR count). The summed E-state index contributed by atoms with van der Waals surface area (Å²) in [6.45, 7) is 5.51. The summed E-state index contributed by atoms with van der Waals surface area (Å²) in [5, 5.41) is 1.95. The van der Waals surface area contributed by atoms with Crippen molar-refractivity contribution >= 4 is 23.2 Å². The van der Waals surface area contributed by atoms with Gasteiger partial charge < -0.3 is 0 Å². The average Bonchev–Trinajstić information content (AvgIpc) is 2.58. The topological polar surface area (TPSA) is 17.1 Å². The van der Waals surface area contributed by atoms with Crippen molar-refractivity contribution in [2.24, 2.45) is 0 Å². The van der Waals surface area contributed by atoms with Crippen LogP contribution in [0.3, 0.4) is 0 Å². The molecule has 1 aromatic heterocycles. The fraction of sp³-hybridized carbons (Fsp3) is 0.100. The molecule has 1 nitrogen and oxygen atoms in total. The lowest BCUT2D eigenvalue weighted by Crippen LogP contribution is -1.84. The van der Waals surface area contributed by atoms with Gasteiger partial charge in [-0.25, -0.2) is 0 Å². The van der Waals surface area contributed by atoms with Gasteiger partial charge >= 0.3 is 0 Å². The highest BCUT2D eigenvalue weighted by Gasteiger charge is 2.02. The van der Waals surface area contributed by atoms with Crippen LogP contribution < -0.4 is 0 Å². The maximum Gasteiger partial charge on any atom is 0.151 e. The van der Waals surface area contributed by atoms with E-state index in [-0.39, 0.29) is 0 Å². The average molecular weight is 178 g/mol. The van der Waals surface area contributed by atoms with Crippen LogP contribution in [0.5, 0.6) is 0 Å². The highest BCUT2D eigenvalue weighted by molar-refractivity contribution is 7.11. The zero-order valence-electron chi connectivity index (χ0n) is 6.91. The van der Waals surface area contributed by atoms with Crippen LogP contribution in [0, 0.1) is 0 Å². The SMILES string of the molecule is C=C/C(C)=C(/C=O)c1cccs1. The van der Waals surface area contributed by atoms with E-state index in [1.54, 1.807) is 17.4 Å². The van der Waals surface area contributed by atoms with Crippen molar-refractivity contribution in [1.29, 1.82) is 0 Å². The molecular weight excluding hydrogens is 168 g/mol. The van der Waals surface area contributed by atoms with Crippen LogP contribution in [0.1, 0.15) is 11.8 Å². The number of hydrogen-bond acceptors (Lipinski definition) is 2. The third-order valence-corrected chi connectivity index (χ3v) is 2.54. The van der Waals surface area contributed by atoms with Crippen molar-refractivity contribution in [1.82, 2.24) is 0 Å². The minimum Gasteiger partial charge on any atom is -0.298 e. The van der Waals surface area contributed by atoms with E-state index >= 15 is 0 Å². The molecule has 0 aromatic carbocycles. The summed E-state index contributed by atoms with van der Waals surface area (Å²) in [6, 6.07) is 3.86. The summed E-state index contributed by atoms with van der Waals surface area (Å²) in [4.78, 5) is 11.7. The van der Waals surface area contributed by atoms with Gasteiger partial charge in [0.05, 0.1) is 0 Å². The maximum absolute atomic E-state index is 10.7. The summed E-state index contributed by atoms with van der Waals surface area (Å²) in [6.07, 6.45) is 2.58. The molecule has 0 saturated carbocycles. The predicted molar refractivity (Wildman–Crippen MR) is 53.2 cm³/mol. The number of rotatable bonds is 3. The molecule has 62 valence electrons. The highest BCUT2D eigenvalue weighted by atomic mass is 32.1. The predicted octanol–water partition coefficient (Wildman–Crippen LogP) is 2.91. The van der Waals surface area contributed by atoms with E-state index in [0.29, 0.717) is 0 Å². The first-order chi connectivity index (χ1) is 5.79. The Morgan fingerprint density at radius 2 is 2.42 bits per heavy atom. The van der Waals surface area contributed by atoms with Crippen LogP contribution in [-0.2, 0) is 4.79 Å². The molecule has 0 fully saturated rings. The standard InChI is InChI=1S/C10H10OS/c1-3-8(2)9(7-11)10-5-4-6-12-10/h3-7H,1H2,2H3/b9-8-. The van der Waals surface area contributed by atoms with Gasteiger partial charge in [-0.15, -0.1) is 11.3 Å². The molecule has 2 heteroatoms. The summed E-state index contributed by atoms with van der Waals surface area (Å²) in [5.41, 5.74) is 1.66. The van der Waals surface area contributed by atoms with E-state index in [9.17, 15) is 4.79 Å². The quantitative estimate of drug-likeness (QED) is 0.395. The molecule has 0 atom stereocenters. The highest BCUT2D eigenvalue weighted by Crippen LogP contribution is 2.21. The van der Waals surface area contributed by atoms with Crippen LogP contribution in [0.25, 0.3) is 5.57 Å². The van der Waals surface area contributed by atoms with Gasteiger partial charge in [0.1, 0.15) is 0 Å². The number of aldehydes is 1. The van der Waals surface area contributed by atoms with Crippen molar-refractivity contribution in [3.63, 3.8) is 0 Å². The van der Waals surface area contributed by atoms with Gasteiger partial charge in [-0.1, -0.05) is 18.7 Å². The number of allylic oxidation sites excluding steroid dienone is 3. The molecule has 0 saturated heterocycles. The Balaban J connectivity index is 3.14. The Morgan fingerprint density at radius 3 is 2.83 bits per heavy atom. The molecule has 0 amide bonds. The summed E-state index contributed by atoms with van der Waals surface area (Å²) in [5.74, 6) is 0. The van der Waals surface area contributed by atoms with Crippen LogP contribution >= 0.6 is 11.3 Å². The number of carbonyl (C=O) groups is 1. The Bertz CT molecular complexity index is 307. The largest absolute Gasteiger partial charge is 0.298 e. The smallest absolute Gasteiger partial charge is 0.151 e. The molecule has 0 aliphatic carbocycles. The molecule has 12 heavy (non-hydrogen) atoms. The lowest BCUT2D eigenvalue weighted by molar-refractivity contribution is -0.103. The fourth-order valence-electron chi connectivity index (χ4n) is 0.887. The number of carbonyl (C=O) groups excluding carboxylic acids is 1. The van der Waals surface area contributed by atoms with Crippen LogP contribution in [0.15, 0.2) is 35.7 Å². The van der Waals surface area contributed by atoms with Gasteiger partial charge in [-0.3, -0.25) is 4.79 Å². The first kappa shape index (κ1) is 8.94. The maximum atomic E-state index is 10.7. The Morgan fingerprint density at radius 1 is 1.67 bits per heavy atom. The van der Waals surface area contributed by atoms with Crippen molar-refractivity contribution in [3.05, 3.63) is 40.6 Å². The van der Waals surface area contributed by atoms with Crippen molar-refractivity contribution < 1.29 is 4.79 Å². The van der Waals surface area contributed by atoms with E-state index < -0.39 is 0 Å². The zero-order chi connectivity index (χ0) is 8.97. The molecule has 0 radical (unpaired) electrons. The van der Waals surface area contributed by atoms with E-state index in [1.807, 2.05) is 24.4 Å². The van der Waals surface area contributed by atoms with E-state index in [4.69, 9.17) is 0 Å². The molecule has 0 spiro atoms. The minimum atomic E-state index is 0.736. The van der Waals surface area contributed by atoms with E-state index in [1.165, 1.54) is 0 Å². The van der Waals surface area contributed by atoms with Crippen molar-refractivity contribution in [2.45, 2.75) is 6.92 Å². The number of thiophene rings is 1. The molecule has 1 aromatic rings. The first-order valence-electron chi connectivity index (χ1n) is 3.62. The van der Waals surface area contributed by atoms with E-state index in [2.05, 4.69) is 6.58 Å². The number of hydrogen-bond donors (Lipinski definition) is 0. The zero-order valence-corrected chi connectivity index (χ0v) is 7.73. The van der Waals surface area contributed by atoms with Crippen LogP contribution in [0.2, 0.25) is 0 Å². The molecule has 1 heterocycles. The van der Waals surface area contributed by atoms with Crippen molar-refractivity contribution in [3.8, 4) is 0 Å². The van der Waals surface area contributed by atoms with Gasteiger partial charge in [0, 0.05) is 10.5 Å². The monoisotopic (exact) mass is 178 g/mol. The third-order valence-electron chi connectivity index (χ3n) is 1.64. The lowest BCUT2D eigenvalue weighted by atomic mass is 10.1. The van der Waals surface area contributed by atoms with Crippen LogP contribution in [0.4, 0.5) is 0 Å². The van der Waals surface area contributed by atoms with Gasteiger partial charge in [0.15, 0.2) is 6.29 Å². The normalized spacial score (nSPS) is 12.1. The third kappa shape index (κ3) is 1.71. The minimum absolute atomic E-state index is 0.736. The lowest BCUT2D eigenvalue weighted by Gasteiger charge is -1.97. The molecular formula is C10H10OS. The summed E-state index contributed by atoms with van der Waals surface area (Å²) >= 11 is 1.56. The second-order valence-electron chi connectivity index (χ2n) is 2.40. The molecule has 0 N–H and O–H groups in total. The van der Waals surface area contributed by atoms with Gasteiger partial charge in [0.25, 0.3) is 0 Å². The fourth-order valence-corrected chi connectivity index (χ4v) is 1.68. The Hall–Kier alpha value is -1.15. The van der Waals surface area contributed by atoms with E-state index in [0.717, 1.165) is 22.3 Å². The van der Waals surface area contributed by atoms with Crippen LogP contribution in [-0.4, -0.2) is 6.29 Å².